The van der Waals surface area contributed by atoms with Crippen LogP contribution in [0, 0.1) is 0 Å². The summed E-state index contributed by atoms with van der Waals surface area (Å²) in [4.78, 5) is 12.6. The molecule has 8 heteroatoms. The number of nitrogens with zero attached hydrogens (tertiary/aromatic N) is 5. The molecular weight excluding hydrogens is 258 g/mol. The number of ether oxygens (including phenoxy) is 1. The van der Waals surface area contributed by atoms with Gasteiger partial charge in [0.25, 0.3) is 0 Å². The fraction of sp³-hybridized carbons (Fsp3) is 0.417. The minimum Gasteiger partial charge on any atom is -0.464 e. The Balaban J connectivity index is 2.09. The Morgan fingerprint density at radius 2 is 1.90 bits per heavy atom. The molecule has 0 saturated carbocycles. The lowest BCUT2D eigenvalue weighted by molar-refractivity contribution is 0.312. The number of aromatic nitrogens is 5. The maximum absolute atomic E-state index is 5.32. The van der Waals surface area contributed by atoms with Crippen molar-refractivity contribution >= 4 is 11.9 Å². The van der Waals surface area contributed by atoms with Crippen molar-refractivity contribution in [3.05, 3.63) is 24.0 Å². The molecule has 0 fully saturated rings. The predicted molar refractivity (Wildman–Crippen MR) is 74.5 cm³/mol. The first-order valence-electron chi connectivity index (χ1n) is 6.45. The summed E-state index contributed by atoms with van der Waals surface area (Å²) in [7, 11) is 0. The summed E-state index contributed by atoms with van der Waals surface area (Å²) in [5.74, 6) is 0.914. The highest BCUT2D eigenvalue weighted by atomic mass is 16.5. The number of hydrogen-bond acceptors (Lipinski definition) is 8. The number of nitrogens with one attached hydrogen (secondary N) is 2. The molecule has 2 rings (SSSR count). The molecule has 20 heavy (non-hydrogen) atoms. The van der Waals surface area contributed by atoms with Crippen molar-refractivity contribution in [2.24, 2.45) is 0 Å². The average Bonchev–Trinajstić information content (AvgIpc) is 2.47. The highest BCUT2D eigenvalue weighted by Crippen LogP contribution is 2.11. The highest BCUT2D eigenvalue weighted by Gasteiger charge is 2.06. The van der Waals surface area contributed by atoms with E-state index in [4.69, 9.17) is 4.74 Å². The standard InChI is InChI=1S/C12H17N7O/c1-3-13-10-16-11(18-12(17-10)20-4-2)14-8-9-6-5-7-15-19-9/h5-7H,3-4,8H2,1-2H3,(H2,13,14,16,17,18). The van der Waals surface area contributed by atoms with E-state index in [9.17, 15) is 0 Å². The molecule has 0 atom stereocenters. The molecular formula is C12H17N7O. The molecule has 2 aromatic rings. The first-order valence-corrected chi connectivity index (χ1v) is 6.45. The number of anilines is 2. The van der Waals surface area contributed by atoms with Crippen LogP contribution < -0.4 is 15.4 Å². The van der Waals surface area contributed by atoms with Crippen LogP contribution in [-0.2, 0) is 6.54 Å². The van der Waals surface area contributed by atoms with E-state index in [0.29, 0.717) is 31.1 Å². The third-order valence-corrected chi connectivity index (χ3v) is 2.28. The van der Waals surface area contributed by atoms with Crippen molar-refractivity contribution in [1.29, 1.82) is 0 Å². The maximum Gasteiger partial charge on any atom is 0.323 e. The SMILES string of the molecule is CCNc1nc(NCc2cccnn2)nc(OCC)n1. The maximum atomic E-state index is 5.32. The molecule has 0 saturated heterocycles. The Labute approximate surface area is 117 Å². The van der Waals surface area contributed by atoms with Crippen molar-refractivity contribution in [3.63, 3.8) is 0 Å². The summed E-state index contributed by atoms with van der Waals surface area (Å²) in [6, 6.07) is 3.99. The Morgan fingerprint density at radius 1 is 1.10 bits per heavy atom. The van der Waals surface area contributed by atoms with E-state index in [1.807, 2.05) is 26.0 Å². The van der Waals surface area contributed by atoms with Crippen LogP contribution in [0.5, 0.6) is 6.01 Å². The van der Waals surface area contributed by atoms with Crippen molar-refractivity contribution < 1.29 is 4.74 Å². The van der Waals surface area contributed by atoms with Crippen LogP contribution in [0.15, 0.2) is 18.3 Å². The second-order valence-electron chi connectivity index (χ2n) is 3.80. The summed E-state index contributed by atoms with van der Waals surface area (Å²) in [5.41, 5.74) is 0.802. The smallest absolute Gasteiger partial charge is 0.323 e. The fourth-order valence-corrected chi connectivity index (χ4v) is 1.46. The van der Waals surface area contributed by atoms with E-state index >= 15 is 0 Å². The molecule has 8 nitrogen and oxygen atoms in total. The van der Waals surface area contributed by atoms with Crippen LogP contribution in [0.3, 0.4) is 0 Å². The Kier molecular flexibility index (Phi) is 4.99. The average molecular weight is 275 g/mol. The van der Waals surface area contributed by atoms with Gasteiger partial charge in [-0.1, -0.05) is 0 Å². The van der Waals surface area contributed by atoms with Crippen LogP contribution in [0.2, 0.25) is 0 Å². The van der Waals surface area contributed by atoms with E-state index in [2.05, 4.69) is 35.8 Å². The molecule has 2 aromatic heterocycles. The molecule has 0 amide bonds. The van der Waals surface area contributed by atoms with Crippen LogP contribution in [-0.4, -0.2) is 38.3 Å². The highest BCUT2D eigenvalue weighted by molar-refractivity contribution is 5.36. The lowest BCUT2D eigenvalue weighted by Gasteiger charge is -2.08. The zero-order valence-corrected chi connectivity index (χ0v) is 11.5. The molecule has 0 unspecified atom stereocenters. The quantitative estimate of drug-likeness (QED) is 0.775. The molecule has 0 radical (unpaired) electrons. The Bertz CT molecular complexity index is 510. The second kappa shape index (κ2) is 7.17. The van der Waals surface area contributed by atoms with Gasteiger partial charge in [0, 0.05) is 12.7 Å². The van der Waals surface area contributed by atoms with Gasteiger partial charge in [0.1, 0.15) is 0 Å². The topological polar surface area (TPSA) is 97.7 Å². The summed E-state index contributed by atoms with van der Waals surface area (Å²) in [6.45, 7) is 5.55. The molecule has 0 aromatic carbocycles. The minimum absolute atomic E-state index is 0.292. The first-order chi connectivity index (χ1) is 9.81. The zero-order chi connectivity index (χ0) is 14.2. The molecule has 0 aliphatic carbocycles. The normalized spacial score (nSPS) is 10.1. The molecule has 0 aliphatic rings. The van der Waals surface area contributed by atoms with Crippen molar-refractivity contribution in [1.82, 2.24) is 25.1 Å². The molecule has 2 N–H and O–H groups in total. The van der Waals surface area contributed by atoms with Gasteiger partial charge in [-0.2, -0.15) is 25.1 Å². The fourth-order valence-electron chi connectivity index (χ4n) is 1.46. The first kappa shape index (κ1) is 13.9. The van der Waals surface area contributed by atoms with Gasteiger partial charge < -0.3 is 15.4 Å². The lowest BCUT2D eigenvalue weighted by atomic mass is 10.4. The van der Waals surface area contributed by atoms with Crippen molar-refractivity contribution in [2.75, 3.05) is 23.8 Å². The molecule has 2 heterocycles. The van der Waals surface area contributed by atoms with Crippen molar-refractivity contribution in [3.8, 4) is 6.01 Å². The zero-order valence-electron chi connectivity index (χ0n) is 11.5. The summed E-state index contributed by atoms with van der Waals surface area (Å²) >= 11 is 0. The third-order valence-electron chi connectivity index (χ3n) is 2.28. The summed E-state index contributed by atoms with van der Waals surface area (Å²) in [5, 5.41) is 13.9. The van der Waals surface area contributed by atoms with Crippen LogP contribution >= 0.6 is 0 Å². The molecule has 0 spiro atoms. The van der Waals surface area contributed by atoms with Gasteiger partial charge >= 0.3 is 6.01 Å². The van der Waals surface area contributed by atoms with E-state index in [1.165, 1.54) is 0 Å². The van der Waals surface area contributed by atoms with Gasteiger partial charge in [-0.3, -0.25) is 0 Å². The van der Waals surface area contributed by atoms with E-state index in [0.717, 1.165) is 12.2 Å². The number of rotatable bonds is 7. The third kappa shape index (κ3) is 4.01. The van der Waals surface area contributed by atoms with Gasteiger partial charge in [0.15, 0.2) is 0 Å². The monoisotopic (exact) mass is 275 g/mol. The summed E-state index contributed by atoms with van der Waals surface area (Å²) < 4.78 is 5.32. The van der Waals surface area contributed by atoms with Crippen LogP contribution in [0.1, 0.15) is 19.5 Å². The lowest BCUT2D eigenvalue weighted by Crippen LogP contribution is -2.11. The van der Waals surface area contributed by atoms with Crippen molar-refractivity contribution in [2.45, 2.75) is 20.4 Å². The molecule has 106 valence electrons. The van der Waals surface area contributed by atoms with Gasteiger partial charge in [-0.25, -0.2) is 0 Å². The van der Waals surface area contributed by atoms with Gasteiger partial charge in [0.05, 0.1) is 18.8 Å². The predicted octanol–water partition coefficient (Wildman–Crippen LogP) is 1.10. The van der Waals surface area contributed by atoms with Crippen LogP contribution in [0.4, 0.5) is 11.9 Å². The van der Waals surface area contributed by atoms with E-state index < -0.39 is 0 Å². The largest absolute Gasteiger partial charge is 0.464 e. The van der Waals surface area contributed by atoms with Gasteiger partial charge in [-0.05, 0) is 26.0 Å². The molecule has 0 aliphatic heterocycles. The Hall–Kier alpha value is -2.51. The second-order valence-corrected chi connectivity index (χ2v) is 3.80. The van der Waals surface area contributed by atoms with Gasteiger partial charge in [0.2, 0.25) is 11.9 Å². The van der Waals surface area contributed by atoms with Crippen LogP contribution in [0.25, 0.3) is 0 Å². The van der Waals surface area contributed by atoms with E-state index in [-0.39, 0.29) is 0 Å². The molecule has 0 bridgehead atoms. The minimum atomic E-state index is 0.292. The number of hydrogen-bond donors (Lipinski definition) is 2. The Morgan fingerprint density at radius 3 is 2.55 bits per heavy atom. The summed E-state index contributed by atoms with van der Waals surface area (Å²) in [6.07, 6.45) is 1.63. The van der Waals surface area contributed by atoms with Gasteiger partial charge in [-0.15, -0.1) is 0 Å². The van der Waals surface area contributed by atoms with E-state index in [1.54, 1.807) is 6.20 Å².